The van der Waals surface area contributed by atoms with Gasteiger partial charge in [-0.3, -0.25) is 0 Å². The van der Waals surface area contributed by atoms with E-state index in [1.54, 1.807) is 0 Å². The number of halogens is 7. The van der Waals surface area contributed by atoms with Crippen molar-refractivity contribution in [2.75, 3.05) is 0 Å². The van der Waals surface area contributed by atoms with E-state index >= 15 is 0 Å². The summed E-state index contributed by atoms with van der Waals surface area (Å²) in [6, 6.07) is 0. The molecule has 0 heterocycles. The molecule has 0 aliphatic heterocycles. The van der Waals surface area contributed by atoms with Gasteiger partial charge in [0.05, 0.1) is 5.56 Å². The standard InChI is InChI=1S/C7BF7/c8-7(14,15)1-2(9)4(11)6(13)5(12)3(1)10. The summed E-state index contributed by atoms with van der Waals surface area (Å²) in [6.45, 7) is 0. The number of alkyl halides is 2. The molecule has 0 atom stereocenters. The molecule has 2 radical (unpaired) electrons. The van der Waals surface area contributed by atoms with Gasteiger partial charge in [-0.2, -0.15) is 0 Å². The van der Waals surface area contributed by atoms with Gasteiger partial charge in [-0.25, -0.2) is 30.7 Å². The average Bonchev–Trinajstić information content (AvgIpc) is 2.09. The molecule has 0 saturated carbocycles. The number of hydrogen-bond acceptors (Lipinski definition) is 0. The summed E-state index contributed by atoms with van der Waals surface area (Å²) >= 11 is 0. The fourth-order valence-electron chi connectivity index (χ4n) is 0.898. The molecule has 0 amide bonds. The molecule has 0 saturated heterocycles. The van der Waals surface area contributed by atoms with Gasteiger partial charge in [0.25, 0.3) is 0 Å². The first-order chi connectivity index (χ1) is 6.68. The summed E-state index contributed by atoms with van der Waals surface area (Å²) in [7, 11) is 3.98. The van der Waals surface area contributed by atoms with Gasteiger partial charge in [0, 0.05) is 0 Å². The van der Waals surface area contributed by atoms with Crippen LogP contribution in [0.2, 0.25) is 0 Å². The fourth-order valence-corrected chi connectivity index (χ4v) is 0.898. The molecule has 0 fully saturated rings. The maximum absolute atomic E-state index is 12.6. The van der Waals surface area contributed by atoms with Crippen LogP contribution in [0, 0.1) is 29.1 Å². The van der Waals surface area contributed by atoms with Crippen LogP contribution < -0.4 is 0 Å². The van der Waals surface area contributed by atoms with Crippen molar-refractivity contribution in [2.45, 2.75) is 5.82 Å². The van der Waals surface area contributed by atoms with Crippen molar-refractivity contribution in [1.29, 1.82) is 0 Å². The van der Waals surface area contributed by atoms with Crippen LogP contribution in [-0.2, 0) is 5.82 Å². The second-order valence-corrected chi connectivity index (χ2v) is 2.57. The van der Waals surface area contributed by atoms with E-state index in [-0.39, 0.29) is 0 Å². The fraction of sp³-hybridized carbons (Fsp3) is 0.143. The van der Waals surface area contributed by atoms with Gasteiger partial charge >= 0.3 is 0 Å². The maximum Gasteiger partial charge on any atom is 0.229 e. The van der Waals surface area contributed by atoms with Gasteiger partial charge < -0.3 is 0 Å². The summed E-state index contributed by atoms with van der Waals surface area (Å²) in [5.41, 5.74) is -2.35. The Hall–Kier alpha value is -1.21. The van der Waals surface area contributed by atoms with Crippen LogP contribution in [0.15, 0.2) is 0 Å². The van der Waals surface area contributed by atoms with Gasteiger partial charge in [0.2, 0.25) is 11.6 Å². The maximum atomic E-state index is 12.6. The topological polar surface area (TPSA) is 0 Å². The largest absolute Gasteiger partial charge is 0.229 e. The van der Waals surface area contributed by atoms with Crippen LogP contribution in [0.25, 0.3) is 0 Å². The minimum absolute atomic E-state index is 2.35. The molecule has 0 unspecified atom stereocenters. The number of benzene rings is 1. The SMILES string of the molecule is [B]C(F)(F)c1c(F)c(F)c(F)c(F)c1F. The lowest BCUT2D eigenvalue weighted by Gasteiger charge is -2.14. The highest BCUT2D eigenvalue weighted by Gasteiger charge is 2.37. The Labute approximate surface area is 80.1 Å². The van der Waals surface area contributed by atoms with Crippen molar-refractivity contribution < 1.29 is 30.7 Å². The third kappa shape index (κ3) is 1.80. The molecule has 0 spiro atoms. The first kappa shape index (κ1) is 11.9. The minimum Gasteiger partial charge on any atom is -0.214 e. The highest BCUT2D eigenvalue weighted by atomic mass is 19.3. The molecule has 0 aromatic heterocycles. The molecular weight excluding hydrogens is 228 g/mol. The zero-order valence-corrected chi connectivity index (χ0v) is 6.72. The van der Waals surface area contributed by atoms with Crippen molar-refractivity contribution in [3.8, 4) is 0 Å². The second-order valence-electron chi connectivity index (χ2n) is 2.57. The lowest BCUT2D eigenvalue weighted by molar-refractivity contribution is 0.0819. The second kappa shape index (κ2) is 3.43. The molecule has 0 bridgehead atoms. The molecule has 1 aromatic carbocycles. The summed E-state index contributed by atoms with van der Waals surface area (Å²) < 4.78 is 87.0. The van der Waals surface area contributed by atoms with E-state index in [9.17, 15) is 30.7 Å². The predicted molar refractivity (Wildman–Crippen MR) is 35.9 cm³/mol. The van der Waals surface area contributed by atoms with E-state index in [0.717, 1.165) is 0 Å². The Morgan fingerprint density at radius 2 is 0.933 bits per heavy atom. The summed E-state index contributed by atoms with van der Waals surface area (Å²) in [5.74, 6) is -17.4. The van der Waals surface area contributed by atoms with E-state index in [0.29, 0.717) is 0 Å². The predicted octanol–water partition coefficient (Wildman–Crippen LogP) is 2.60. The molecule has 1 aromatic rings. The quantitative estimate of drug-likeness (QED) is 0.300. The number of rotatable bonds is 1. The Balaban J connectivity index is 3.68. The highest BCUT2D eigenvalue weighted by Crippen LogP contribution is 2.32. The third-order valence-electron chi connectivity index (χ3n) is 1.54. The van der Waals surface area contributed by atoms with E-state index in [1.165, 1.54) is 0 Å². The summed E-state index contributed by atoms with van der Waals surface area (Å²) in [4.78, 5) is 0. The molecule has 0 N–H and O–H groups in total. The zero-order valence-electron chi connectivity index (χ0n) is 6.72. The first-order valence-corrected chi connectivity index (χ1v) is 3.36. The van der Waals surface area contributed by atoms with Gasteiger partial charge in [-0.15, -0.1) is 0 Å². The molecule has 0 aliphatic rings. The van der Waals surface area contributed by atoms with Crippen molar-refractivity contribution in [3.63, 3.8) is 0 Å². The van der Waals surface area contributed by atoms with Gasteiger partial charge in [0.15, 0.2) is 31.1 Å². The lowest BCUT2D eigenvalue weighted by Crippen LogP contribution is -2.21. The van der Waals surface area contributed by atoms with Crippen LogP contribution in [0.5, 0.6) is 0 Å². The Morgan fingerprint density at radius 3 is 1.20 bits per heavy atom. The summed E-state index contributed by atoms with van der Waals surface area (Å²) in [5, 5.41) is 0. The normalized spacial score (nSPS) is 11.9. The minimum atomic E-state index is -4.65. The van der Waals surface area contributed by atoms with Gasteiger partial charge in [-0.1, -0.05) is 0 Å². The molecule has 0 nitrogen and oxygen atoms in total. The van der Waals surface area contributed by atoms with E-state index < -0.39 is 40.5 Å². The molecule has 80 valence electrons. The van der Waals surface area contributed by atoms with Crippen LogP contribution in [0.4, 0.5) is 30.7 Å². The van der Waals surface area contributed by atoms with Crippen molar-refractivity contribution in [1.82, 2.24) is 0 Å². The van der Waals surface area contributed by atoms with Crippen LogP contribution in [0.1, 0.15) is 5.56 Å². The Morgan fingerprint density at radius 1 is 0.667 bits per heavy atom. The Kier molecular flexibility index (Phi) is 2.71. The monoisotopic (exact) mass is 228 g/mol. The Bertz CT molecular complexity index is 380. The first-order valence-electron chi connectivity index (χ1n) is 3.36. The third-order valence-corrected chi connectivity index (χ3v) is 1.54. The molecule has 1 rings (SSSR count). The van der Waals surface area contributed by atoms with E-state index in [2.05, 4.69) is 7.85 Å². The molecular formula is C7BF7. The highest BCUT2D eigenvalue weighted by molar-refractivity contribution is 6.13. The van der Waals surface area contributed by atoms with Gasteiger partial charge in [-0.05, 0) is 0 Å². The average molecular weight is 228 g/mol. The van der Waals surface area contributed by atoms with Crippen molar-refractivity contribution in [3.05, 3.63) is 34.6 Å². The molecule has 8 heteroatoms. The smallest absolute Gasteiger partial charge is 0.214 e. The summed E-state index contributed by atoms with van der Waals surface area (Å²) in [6.07, 6.45) is 0. The number of hydrogen-bond donors (Lipinski definition) is 0. The lowest BCUT2D eigenvalue weighted by atomic mass is 9.89. The van der Waals surface area contributed by atoms with E-state index in [4.69, 9.17) is 0 Å². The van der Waals surface area contributed by atoms with Crippen LogP contribution >= 0.6 is 0 Å². The van der Waals surface area contributed by atoms with Crippen LogP contribution in [0.3, 0.4) is 0 Å². The van der Waals surface area contributed by atoms with E-state index in [1.807, 2.05) is 0 Å². The molecule has 0 aliphatic carbocycles. The van der Waals surface area contributed by atoms with Gasteiger partial charge in [0.1, 0.15) is 0 Å². The van der Waals surface area contributed by atoms with Crippen molar-refractivity contribution in [2.24, 2.45) is 0 Å². The van der Waals surface area contributed by atoms with Crippen molar-refractivity contribution >= 4 is 7.85 Å². The zero-order chi connectivity index (χ0) is 12.0. The van der Waals surface area contributed by atoms with Crippen LogP contribution in [-0.4, -0.2) is 7.85 Å². The molecule has 15 heavy (non-hydrogen) atoms.